The molecule has 8 atom stereocenters. The number of carbonyl (C=O) groups is 4. The van der Waals surface area contributed by atoms with Gasteiger partial charge in [0.1, 0.15) is 17.7 Å². The van der Waals surface area contributed by atoms with Crippen LogP contribution in [0, 0.1) is 11.8 Å². The van der Waals surface area contributed by atoms with Crippen molar-refractivity contribution in [3.05, 3.63) is 61.2 Å². The largest absolute Gasteiger partial charge is 0.455 e. The Bertz CT molecular complexity index is 1270. The number of fused-ring (bicyclic) bond motifs is 1. The quantitative estimate of drug-likeness (QED) is 0.172. The van der Waals surface area contributed by atoms with Crippen molar-refractivity contribution < 1.29 is 38.5 Å². The summed E-state index contributed by atoms with van der Waals surface area (Å²) in [5.41, 5.74) is -0.579. The first kappa shape index (κ1) is 36.3. The summed E-state index contributed by atoms with van der Waals surface area (Å²) in [5, 5.41) is 13.3. The SMILES string of the molecule is C=CCCC(=O)N[C@H](COC)[C@H](OC(=O)[C@@H]1[C@H]2C(=O)N([C@@H](CC)CO)[C@H](C(=O)N(CC=C)CCCC)[C@]23CC[C@H]1O3)c1ccccc1. The number of rotatable bonds is 19. The maximum Gasteiger partial charge on any atom is 0.313 e. The second kappa shape index (κ2) is 16.5. The van der Waals surface area contributed by atoms with Gasteiger partial charge in [-0.05, 0) is 37.7 Å². The predicted octanol–water partition coefficient (Wildman–Crippen LogP) is 3.33. The van der Waals surface area contributed by atoms with Crippen LogP contribution in [0.25, 0.3) is 0 Å². The molecule has 2 bridgehead atoms. The number of nitrogens with zero attached hydrogens (tertiary/aromatic N) is 2. The molecule has 11 nitrogen and oxygen atoms in total. The van der Waals surface area contributed by atoms with Gasteiger partial charge in [0.05, 0.1) is 43.2 Å². The number of nitrogens with one attached hydrogen (secondary N) is 1. The number of unbranched alkanes of at least 4 members (excludes halogenated alkanes) is 1. The van der Waals surface area contributed by atoms with E-state index in [2.05, 4.69) is 18.5 Å². The molecule has 3 amide bonds. The van der Waals surface area contributed by atoms with E-state index in [1.807, 2.05) is 44.2 Å². The molecule has 3 aliphatic rings. The highest BCUT2D eigenvalue weighted by Gasteiger charge is 2.75. The van der Waals surface area contributed by atoms with Crippen molar-refractivity contribution >= 4 is 23.7 Å². The Kier molecular flexibility index (Phi) is 12.8. The molecule has 1 aromatic rings. The molecule has 0 saturated carbocycles. The Morgan fingerprint density at radius 1 is 1.21 bits per heavy atom. The Morgan fingerprint density at radius 3 is 2.57 bits per heavy atom. The lowest BCUT2D eigenvalue weighted by Crippen LogP contribution is -2.58. The number of aliphatic hydroxyl groups is 1. The molecule has 258 valence electrons. The van der Waals surface area contributed by atoms with Crippen molar-refractivity contribution in [2.75, 3.05) is 33.4 Å². The molecular weight excluding hydrogens is 602 g/mol. The Labute approximate surface area is 278 Å². The third kappa shape index (κ3) is 7.32. The van der Waals surface area contributed by atoms with Crippen LogP contribution < -0.4 is 5.32 Å². The average molecular weight is 654 g/mol. The van der Waals surface area contributed by atoms with Crippen LogP contribution in [-0.2, 0) is 33.4 Å². The number of amides is 3. The van der Waals surface area contributed by atoms with Crippen LogP contribution in [0.15, 0.2) is 55.6 Å². The molecule has 0 aliphatic carbocycles. The Hall–Kier alpha value is -3.54. The van der Waals surface area contributed by atoms with Gasteiger partial charge in [0.25, 0.3) is 0 Å². The Balaban J connectivity index is 1.70. The maximum atomic E-state index is 14.4. The molecule has 1 aromatic carbocycles. The van der Waals surface area contributed by atoms with Crippen LogP contribution >= 0.6 is 0 Å². The number of ether oxygens (including phenoxy) is 3. The lowest BCUT2D eigenvalue weighted by atomic mass is 9.70. The van der Waals surface area contributed by atoms with Gasteiger partial charge < -0.3 is 34.4 Å². The average Bonchev–Trinajstić information content (AvgIpc) is 3.72. The van der Waals surface area contributed by atoms with Crippen molar-refractivity contribution in [1.29, 1.82) is 0 Å². The summed E-state index contributed by atoms with van der Waals surface area (Å²) in [6, 6.07) is 6.76. The lowest BCUT2D eigenvalue weighted by Gasteiger charge is -2.39. The van der Waals surface area contributed by atoms with Crippen molar-refractivity contribution in [3.8, 4) is 0 Å². The van der Waals surface area contributed by atoms with Crippen LogP contribution in [-0.4, -0.2) is 102 Å². The molecule has 0 aromatic heterocycles. The summed E-state index contributed by atoms with van der Waals surface area (Å²) in [6.45, 7) is 11.9. The first-order chi connectivity index (χ1) is 22.7. The first-order valence-corrected chi connectivity index (χ1v) is 16.9. The van der Waals surface area contributed by atoms with E-state index < -0.39 is 53.7 Å². The summed E-state index contributed by atoms with van der Waals surface area (Å²) >= 11 is 0. The summed E-state index contributed by atoms with van der Waals surface area (Å²) in [5.74, 6) is -3.45. The third-order valence-corrected chi connectivity index (χ3v) is 9.77. The van der Waals surface area contributed by atoms with E-state index in [0.717, 1.165) is 12.8 Å². The number of esters is 1. The molecule has 47 heavy (non-hydrogen) atoms. The van der Waals surface area contributed by atoms with E-state index in [9.17, 15) is 24.3 Å². The van der Waals surface area contributed by atoms with Crippen molar-refractivity contribution in [1.82, 2.24) is 15.1 Å². The fourth-order valence-corrected chi connectivity index (χ4v) is 7.54. The van der Waals surface area contributed by atoms with E-state index in [1.165, 1.54) is 12.0 Å². The molecule has 3 saturated heterocycles. The number of carbonyl (C=O) groups excluding carboxylic acids is 4. The van der Waals surface area contributed by atoms with Crippen molar-refractivity contribution in [3.63, 3.8) is 0 Å². The smallest absolute Gasteiger partial charge is 0.313 e. The molecule has 1 spiro atoms. The second-order valence-electron chi connectivity index (χ2n) is 12.7. The molecule has 4 rings (SSSR count). The normalized spacial score (nSPS) is 26.3. The van der Waals surface area contributed by atoms with Gasteiger partial charge in [0.2, 0.25) is 17.7 Å². The van der Waals surface area contributed by atoms with E-state index in [0.29, 0.717) is 44.3 Å². The van der Waals surface area contributed by atoms with Gasteiger partial charge in [-0.2, -0.15) is 0 Å². The van der Waals surface area contributed by atoms with Crippen LogP contribution in [0.5, 0.6) is 0 Å². The van der Waals surface area contributed by atoms with Gasteiger partial charge in [0.15, 0.2) is 0 Å². The molecule has 3 fully saturated rings. The van der Waals surface area contributed by atoms with Crippen molar-refractivity contribution in [2.24, 2.45) is 11.8 Å². The standard InChI is InChI=1S/C36H51N3O8/c1-6-10-17-28(41)37-26(23-45-5)31(24-15-13-12-14-16-24)46-35(44)29-27-18-19-36(47-27)30(29)33(42)39(25(9-4)22-40)32(36)34(43)38(20-8-3)21-11-7-2/h6,8,12-16,25-27,29-32,40H,1,3,7,9-11,17-23H2,2,4-5H3,(H,37,41)/t25-,26+,27+,29-,30-,31+,32+,36-/m0/s1. The van der Waals surface area contributed by atoms with Gasteiger partial charge in [-0.25, -0.2) is 0 Å². The highest BCUT2D eigenvalue weighted by Crippen LogP contribution is 2.59. The number of hydrogen-bond donors (Lipinski definition) is 2. The summed E-state index contributed by atoms with van der Waals surface area (Å²) in [6.07, 6.45) is 5.46. The highest BCUT2D eigenvalue weighted by atomic mass is 16.6. The number of hydrogen-bond acceptors (Lipinski definition) is 8. The molecule has 11 heteroatoms. The number of allylic oxidation sites excluding steroid dienone is 1. The predicted molar refractivity (Wildman–Crippen MR) is 176 cm³/mol. The van der Waals surface area contributed by atoms with Crippen LogP contribution in [0.4, 0.5) is 0 Å². The van der Waals surface area contributed by atoms with Crippen LogP contribution in [0.3, 0.4) is 0 Å². The molecule has 3 aliphatic heterocycles. The van der Waals surface area contributed by atoms with Crippen LogP contribution in [0.1, 0.15) is 70.5 Å². The number of likely N-dealkylation sites (tertiary alicyclic amines) is 1. The maximum absolute atomic E-state index is 14.4. The number of aliphatic hydroxyl groups excluding tert-OH is 1. The second-order valence-corrected chi connectivity index (χ2v) is 12.7. The first-order valence-electron chi connectivity index (χ1n) is 16.9. The van der Waals surface area contributed by atoms with E-state index in [-0.39, 0.29) is 37.4 Å². The molecule has 2 N–H and O–H groups in total. The topological polar surface area (TPSA) is 135 Å². The summed E-state index contributed by atoms with van der Waals surface area (Å²) in [7, 11) is 1.50. The van der Waals surface area contributed by atoms with Gasteiger partial charge in [-0.3, -0.25) is 19.2 Å². The molecular formula is C36H51N3O8. The zero-order valence-electron chi connectivity index (χ0n) is 28.0. The monoisotopic (exact) mass is 653 g/mol. The molecule has 0 unspecified atom stereocenters. The van der Waals surface area contributed by atoms with Gasteiger partial charge in [0, 0.05) is 26.6 Å². The van der Waals surface area contributed by atoms with Crippen molar-refractivity contribution in [2.45, 2.75) is 94.7 Å². The lowest BCUT2D eigenvalue weighted by molar-refractivity contribution is -0.163. The van der Waals surface area contributed by atoms with Gasteiger partial charge in [-0.1, -0.05) is 62.8 Å². The Morgan fingerprint density at radius 2 is 1.96 bits per heavy atom. The molecule has 3 heterocycles. The number of methoxy groups -OCH3 is 1. The molecule has 0 radical (unpaired) electrons. The van der Waals surface area contributed by atoms with Crippen LogP contribution in [0.2, 0.25) is 0 Å². The van der Waals surface area contributed by atoms with E-state index >= 15 is 0 Å². The zero-order valence-corrected chi connectivity index (χ0v) is 28.0. The zero-order chi connectivity index (χ0) is 34.1. The van der Waals surface area contributed by atoms with Gasteiger partial charge >= 0.3 is 5.97 Å². The minimum atomic E-state index is -1.23. The summed E-state index contributed by atoms with van der Waals surface area (Å²) < 4.78 is 18.3. The summed E-state index contributed by atoms with van der Waals surface area (Å²) in [4.78, 5) is 59.1. The number of benzene rings is 1. The highest BCUT2D eigenvalue weighted by molar-refractivity contribution is 5.98. The van der Waals surface area contributed by atoms with E-state index in [1.54, 1.807) is 17.1 Å². The van der Waals surface area contributed by atoms with E-state index in [4.69, 9.17) is 14.2 Å². The van der Waals surface area contributed by atoms with Gasteiger partial charge in [-0.15, -0.1) is 13.2 Å². The third-order valence-electron chi connectivity index (χ3n) is 9.77. The minimum Gasteiger partial charge on any atom is -0.455 e. The fourth-order valence-electron chi connectivity index (χ4n) is 7.54. The fraction of sp³-hybridized carbons (Fsp3) is 0.611. The minimum absolute atomic E-state index is 0.0689.